The molecule has 176 valence electrons. The lowest BCUT2D eigenvalue weighted by Gasteiger charge is -2.29. The normalized spacial score (nSPS) is 14.3. The Balaban J connectivity index is 1.55. The van der Waals surface area contributed by atoms with E-state index in [2.05, 4.69) is 35.3 Å². The molecule has 0 N–H and O–H groups in total. The van der Waals surface area contributed by atoms with Gasteiger partial charge in [0.05, 0.1) is 24.7 Å². The summed E-state index contributed by atoms with van der Waals surface area (Å²) in [6.45, 7) is 0. The lowest BCUT2D eigenvalue weighted by atomic mass is 9.81. The molecule has 0 spiro atoms. The van der Waals surface area contributed by atoms with E-state index in [1.807, 2.05) is 41.8 Å². The van der Waals surface area contributed by atoms with E-state index in [9.17, 15) is 0 Å². The van der Waals surface area contributed by atoms with Gasteiger partial charge in [-0.1, -0.05) is 42.5 Å². The van der Waals surface area contributed by atoms with Gasteiger partial charge in [-0.2, -0.15) is 0 Å². The third kappa shape index (κ3) is 3.08. The van der Waals surface area contributed by atoms with Crippen molar-refractivity contribution in [3.8, 4) is 33.8 Å². The van der Waals surface area contributed by atoms with Gasteiger partial charge in [0.15, 0.2) is 23.0 Å². The number of hydrogen-bond acceptors (Lipinski definition) is 7. The van der Waals surface area contributed by atoms with E-state index in [1.165, 1.54) is 0 Å². The summed E-state index contributed by atoms with van der Waals surface area (Å²) in [7, 11) is 3.29. The van der Waals surface area contributed by atoms with Crippen LogP contribution in [0.5, 0.6) is 23.1 Å². The van der Waals surface area contributed by atoms with E-state index in [1.54, 1.807) is 36.4 Å². The molecule has 0 fully saturated rings. The first-order chi connectivity index (χ1) is 17.7. The maximum absolute atomic E-state index is 6.40. The van der Waals surface area contributed by atoms with Gasteiger partial charge in [-0.25, -0.2) is 14.5 Å². The first-order valence-corrected chi connectivity index (χ1v) is 12.3. The molecule has 0 saturated carbocycles. The Hall–Kier alpha value is -4.43. The summed E-state index contributed by atoms with van der Waals surface area (Å²) in [5.41, 5.74) is 3.65. The molecule has 3 aromatic carbocycles. The molecule has 0 unspecified atom stereocenters. The van der Waals surface area contributed by atoms with Gasteiger partial charge in [-0.15, -0.1) is 16.4 Å². The fraction of sp³-hybridized carbons (Fsp3) is 0.107. The molecule has 1 aliphatic heterocycles. The molecule has 7 nitrogen and oxygen atoms in total. The standard InChI is InChI=1S/C28H20N4O3S/c1-33-19-11-10-17(14-21(19)34-2)23-24-18-7-4-3-6-16(18)9-12-20(24)35-28-25(23)27-30-26(22-8-5-13-36-22)31-32(27)15-29-28/h3-15,23H,1-2H3/t23-/m0/s1. The Bertz CT molecular complexity index is 1760. The molecule has 0 amide bonds. The van der Waals surface area contributed by atoms with Gasteiger partial charge in [0.1, 0.15) is 12.1 Å². The first-order valence-electron chi connectivity index (χ1n) is 11.5. The zero-order valence-corrected chi connectivity index (χ0v) is 20.3. The van der Waals surface area contributed by atoms with Gasteiger partial charge in [0.2, 0.25) is 5.88 Å². The summed E-state index contributed by atoms with van der Waals surface area (Å²) in [6.07, 6.45) is 1.66. The third-order valence-electron chi connectivity index (χ3n) is 6.58. The molecule has 0 radical (unpaired) electrons. The van der Waals surface area contributed by atoms with Crippen molar-refractivity contribution in [2.45, 2.75) is 5.92 Å². The monoisotopic (exact) mass is 492 g/mol. The van der Waals surface area contributed by atoms with Crippen LogP contribution in [-0.2, 0) is 0 Å². The quantitative estimate of drug-likeness (QED) is 0.287. The largest absolute Gasteiger partial charge is 0.493 e. The van der Waals surface area contributed by atoms with Crippen LogP contribution in [0.4, 0.5) is 0 Å². The van der Waals surface area contributed by atoms with Crippen LogP contribution in [0.1, 0.15) is 22.6 Å². The summed E-state index contributed by atoms with van der Waals surface area (Å²) in [5.74, 6) is 3.07. The smallest absolute Gasteiger partial charge is 0.228 e. The van der Waals surface area contributed by atoms with E-state index in [4.69, 9.17) is 24.3 Å². The average Bonchev–Trinajstić information content (AvgIpc) is 3.61. The number of nitrogens with zero attached hydrogens (tertiary/aromatic N) is 4. The van der Waals surface area contributed by atoms with Crippen LogP contribution in [0.3, 0.4) is 0 Å². The van der Waals surface area contributed by atoms with E-state index in [0.29, 0.717) is 28.9 Å². The van der Waals surface area contributed by atoms with Crippen molar-refractivity contribution in [1.29, 1.82) is 0 Å². The molecule has 0 aliphatic carbocycles. The minimum atomic E-state index is -0.216. The number of aromatic nitrogens is 4. The van der Waals surface area contributed by atoms with E-state index in [0.717, 1.165) is 38.1 Å². The van der Waals surface area contributed by atoms with E-state index < -0.39 is 0 Å². The summed E-state index contributed by atoms with van der Waals surface area (Å²) in [5, 5.41) is 8.99. The lowest BCUT2D eigenvalue weighted by molar-refractivity contribution is 0.354. The van der Waals surface area contributed by atoms with Crippen LogP contribution in [0.15, 0.2) is 78.4 Å². The maximum atomic E-state index is 6.40. The van der Waals surface area contributed by atoms with Crippen LogP contribution < -0.4 is 14.2 Å². The highest BCUT2D eigenvalue weighted by atomic mass is 32.1. The highest BCUT2D eigenvalue weighted by Crippen LogP contribution is 2.51. The fourth-order valence-corrected chi connectivity index (χ4v) is 5.63. The number of methoxy groups -OCH3 is 2. The number of hydrogen-bond donors (Lipinski definition) is 0. The Morgan fingerprint density at radius 2 is 1.81 bits per heavy atom. The summed E-state index contributed by atoms with van der Waals surface area (Å²) in [6, 6.07) is 22.5. The van der Waals surface area contributed by atoms with Gasteiger partial charge >= 0.3 is 0 Å². The number of rotatable bonds is 4. The third-order valence-corrected chi connectivity index (χ3v) is 7.45. The Morgan fingerprint density at radius 1 is 0.917 bits per heavy atom. The predicted octanol–water partition coefficient (Wildman–Crippen LogP) is 6.31. The van der Waals surface area contributed by atoms with Crippen molar-refractivity contribution in [3.63, 3.8) is 0 Å². The summed E-state index contributed by atoms with van der Waals surface area (Å²) >= 11 is 1.60. The molecule has 3 aromatic heterocycles. The zero-order chi connectivity index (χ0) is 24.2. The molecule has 0 bridgehead atoms. The second kappa shape index (κ2) is 8.07. The van der Waals surface area contributed by atoms with Crippen molar-refractivity contribution in [2.24, 2.45) is 0 Å². The molecule has 8 heteroatoms. The summed E-state index contributed by atoms with van der Waals surface area (Å²) < 4.78 is 19.3. The molecule has 36 heavy (non-hydrogen) atoms. The topological polar surface area (TPSA) is 70.8 Å². The maximum Gasteiger partial charge on any atom is 0.228 e. The van der Waals surface area contributed by atoms with Crippen molar-refractivity contribution < 1.29 is 14.2 Å². The van der Waals surface area contributed by atoms with Gasteiger partial charge in [0, 0.05) is 11.5 Å². The van der Waals surface area contributed by atoms with Crippen molar-refractivity contribution in [1.82, 2.24) is 19.6 Å². The minimum absolute atomic E-state index is 0.216. The molecule has 0 saturated heterocycles. The van der Waals surface area contributed by atoms with Gasteiger partial charge in [-0.05, 0) is 46.0 Å². The fourth-order valence-electron chi connectivity index (χ4n) is 4.98. The van der Waals surface area contributed by atoms with Crippen molar-refractivity contribution in [3.05, 3.63) is 95.1 Å². The lowest BCUT2D eigenvalue weighted by Crippen LogP contribution is -2.15. The van der Waals surface area contributed by atoms with Crippen molar-refractivity contribution >= 4 is 27.8 Å². The first kappa shape index (κ1) is 20.9. The average molecular weight is 493 g/mol. The number of benzene rings is 3. The highest BCUT2D eigenvalue weighted by molar-refractivity contribution is 7.13. The number of ether oxygens (including phenoxy) is 3. The van der Waals surface area contributed by atoms with E-state index >= 15 is 0 Å². The SMILES string of the molecule is COc1ccc([C@H]2c3c(ccc4ccccc34)Oc3ncn4nc(-c5cccs5)nc4c32)cc1OC. The Labute approximate surface area is 210 Å². The van der Waals surface area contributed by atoms with Crippen molar-refractivity contribution in [2.75, 3.05) is 14.2 Å². The van der Waals surface area contributed by atoms with Crippen LogP contribution in [0.25, 0.3) is 27.1 Å². The minimum Gasteiger partial charge on any atom is -0.493 e. The molecular formula is C28H20N4O3S. The molecule has 1 atom stereocenters. The van der Waals surface area contributed by atoms with Crippen LogP contribution in [0.2, 0.25) is 0 Å². The summed E-state index contributed by atoms with van der Waals surface area (Å²) in [4.78, 5) is 10.6. The molecular weight excluding hydrogens is 472 g/mol. The van der Waals surface area contributed by atoms with Gasteiger partial charge in [0.25, 0.3) is 0 Å². The van der Waals surface area contributed by atoms with E-state index in [-0.39, 0.29) is 5.92 Å². The van der Waals surface area contributed by atoms with Gasteiger partial charge in [-0.3, -0.25) is 0 Å². The Kier molecular flexibility index (Phi) is 4.68. The second-order valence-corrected chi connectivity index (χ2v) is 9.44. The predicted molar refractivity (Wildman–Crippen MR) is 139 cm³/mol. The highest BCUT2D eigenvalue weighted by Gasteiger charge is 2.35. The van der Waals surface area contributed by atoms with Crippen LogP contribution in [0, 0.1) is 0 Å². The number of fused-ring (bicyclic) bond motifs is 6. The van der Waals surface area contributed by atoms with Crippen LogP contribution >= 0.6 is 11.3 Å². The van der Waals surface area contributed by atoms with Gasteiger partial charge < -0.3 is 14.2 Å². The molecule has 1 aliphatic rings. The second-order valence-electron chi connectivity index (χ2n) is 8.49. The van der Waals surface area contributed by atoms with Crippen LogP contribution in [-0.4, -0.2) is 33.8 Å². The molecule has 6 aromatic rings. The number of thiophene rings is 1. The zero-order valence-electron chi connectivity index (χ0n) is 19.5. The molecule has 4 heterocycles. The Morgan fingerprint density at radius 3 is 2.64 bits per heavy atom. The molecule has 7 rings (SSSR count).